The fourth-order valence-corrected chi connectivity index (χ4v) is 3.95. The second-order valence-electron chi connectivity index (χ2n) is 6.77. The Morgan fingerprint density at radius 3 is 2.89 bits per heavy atom. The Kier molecular flexibility index (Phi) is 4.85. The number of hydrogen-bond donors (Lipinski definition) is 1. The highest BCUT2D eigenvalue weighted by Crippen LogP contribution is 2.26. The van der Waals surface area contributed by atoms with Crippen molar-refractivity contribution < 1.29 is 4.79 Å². The Balaban J connectivity index is 1.54. The van der Waals surface area contributed by atoms with E-state index in [0.717, 1.165) is 36.6 Å². The molecule has 4 heterocycles. The molecule has 0 spiro atoms. The fraction of sp³-hybridized carbons (Fsp3) is 0.389. The number of pyridine rings is 1. The van der Waals surface area contributed by atoms with E-state index in [9.17, 15) is 9.59 Å². The minimum atomic E-state index is -0.466. The number of anilines is 1. The summed E-state index contributed by atoms with van der Waals surface area (Å²) in [6.45, 7) is 4.39. The summed E-state index contributed by atoms with van der Waals surface area (Å²) in [5.41, 5.74) is 0.396. The van der Waals surface area contributed by atoms with Crippen molar-refractivity contribution >= 4 is 27.3 Å². The molecule has 0 bridgehead atoms. The first-order valence-corrected chi connectivity index (χ1v) is 9.74. The summed E-state index contributed by atoms with van der Waals surface area (Å²) in [5, 5.41) is 7.92. The molecule has 9 heteroatoms. The molecule has 3 aromatic rings. The second kappa shape index (κ2) is 7.43. The van der Waals surface area contributed by atoms with Crippen LogP contribution in [0.3, 0.4) is 0 Å². The van der Waals surface area contributed by atoms with Crippen LogP contribution < -0.4 is 15.8 Å². The molecule has 8 nitrogen and oxygen atoms in total. The summed E-state index contributed by atoms with van der Waals surface area (Å²) in [7, 11) is 0. The Labute approximate surface area is 159 Å². The number of aromatic nitrogens is 4. The number of hydrogen-bond acceptors (Lipinski definition) is 7. The largest absolute Gasteiger partial charge is 0.348 e. The van der Waals surface area contributed by atoms with E-state index in [1.165, 1.54) is 22.0 Å². The average molecular weight is 384 g/mol. The van der Waals surface area contributed by atoms with Gasteiger partial charge in [-0.15, -0.1) is 5.10 Å². The Morgan fingerprint density at radius 2 is 2.15 bits per heavy atom. The molecule has 1 aliphatic heterocycles. The molecule has 1 aliphatic rings. The Hall–Kier alpha value is -2.81. The Morgan fingerprint density at radius 1 is 1.33 bits per heavy atom. The van der Waals surface area contributed by atoms with Gasteiger partial charge in [0.1, 0.15) is 5.56 Å². The molecular weight excluding hydrogens is 364 g/mol. The third kappa shape index (κ3) is 3.68. The van der Waals surface area contributed by atoms with Crippen LogP contribution >= 0.6 is 11.3 Å². The molecular formula is C18H20N6O2S. The minimum absolute atomic E-state index is 0.0134. The molecule has 1 saturated heterocycles. The van der Waals surface area contributed by atoms with Gasteiger partial charge >= 0.3 is 0 Å². The predicted molar refractivity (Wildman–Crippen MR) is 103 cm³/mol. The van der Waals surface area contributed by atoms with E-state index < -0.39 is 11.5 Å². The van der Waals surface area contributed by atoms with Crippen LogP contribution in [0.25, 0.3) is 4.96 Å². The van der Waals surface area contributed by atoms with Crippen LogP contribution in [0.5, 0.6) is 0 Å². The van der Waals surface area contributed by atoms with Crippen molar-refractivity contribution in [2.45, 2.75) is 26.3 Å². The van der Waals surface area contributed by atoms with Crippen LogP contribution in [0.4, 0.5) is 5.13 Å². The van der Waals surface area contributed by atoms with Crippen molar-refractivity contribution in [3.8, 4) is 0 Å². The van der Waals surface area contributed by atoms with Gasteiger partial charge < -0.3 is 10.2 Å². The van der Waals surface area contributed by atoms with E-state index in [0.29, 0.717) is 17.4 Å². The summed E-state index contributed by atoms with van der Waals surface area (Å²) < 4.78 is 1.23. The summed E-state index contributed by atoms with van der Waals surface area (Å²) in [6, 6.07) is 3.65. The monoisotopic (exact) mass is 384 g/mol. The minimum Gasteiger partial charge on any atom is -0.348 e. The van der Waals surface area contributed by atoms with Crippen molar-refractivity contribution in [3.63, 3.8) is 0 Å². The number of carbonyl (C=O) groups excluding carboxylic acids is 1. The quantitative estimate of drug-likeness (QED) is 0.736. The summed E-state index contributed by atoms with van der Waals surface area (Å²) in [6.07, 6.45) is 6.89. The van der Waals surface area contributed by atoms with Crippen molar-refractivity contribution in [2.75, 3.05) is 18.0 Å². The number of amides is 1. The number of nitrogens with one attached hydrogen (secondary N) is 1. The predicted octanol–water partition coefficient (Wildman–Crippen LogP) is 1.71. The summed E-state index contributed by atoms with van der Waals surface area (Å²) in [4.78, 5) is 36.1. The van der Waals surface area contributed by atoms with Crippen molar-refractivity contribution in [2.24, 2.45) is 5.92 Å². The van der Waals surface area contributed by atoms with Crippen LogP contribution in [0.1, 0.15) is 35.7 Å². The van der Waals surface area contributed by atoms with Crippen molar-refractivity contribution in [1.29, 1.82) is 0 Å². The molecule has 0 aliphatic carbocycles. The lowest BCUT2D eigenvalue weighted by molar-refractivity contribution is 0.0948. The van der Waals surface area contributed by atoms with E-state index in [1.54, 1.807) is 18.5 Å². The van der Waals surface area contributed by atoms with Crippen LogP contribution in [0.15, 0.2) is 35.5 Å². The molecule has 0 saturated carbocycles. The molecule has 140 valence electrons. The van der Waals surface area contributed by atoms with Gasteiger partial charge in [0.05, 0.1) is 0 Å². The van der Waals surface area contributed by atoms with Gasteiger partial charge in [0.2, 0.25) is 10.1 Å². The topological polar surface area (TPSA) is 92.5 Å². The van der Waals surface area contributed by atoms with Gasteiger partial charge in [0.15, 0.2) is 0 Å². The molecule has 1 fully saturated rings. The number of rotatable bonds is 4. The lowest BCUT2D eigenvalue weighted by Gasteiger charge is -2.29. The van der Waals surface area contributed by atoms with E-state index in [2.05, 4.69) is 32.2 Å². The van der Waals surface area contributed by atoms with Gasteiger partial charge in [0, 0.05) is 38.2 Å². The average Bonchev–Trinajstić information content (AvgIpc) is 3.13. The van der Waals surface area contributed by atoms with Gasteiger partial charge in [-0.25, -0.2) is 4.98 Å². The molecule has 4 rings (SSSR count). The third-order valence-electron chi connectivity index (χ3n) is 4.75. The maximum absolute atomic E-state index is 12.7. The highest BCUT2D eigenvalue weighted by molar-refractivity contribution is 7.20. The van der Waals surface area contributed by atoms with Gasteiger partial charge in [-0.2, -0.15) is 4.52 Å². The third-order valence-corrected chi connectivity index (χ3v) is 5.73. The van der Waals surface area contributed by atoms with Crippen molar-refractivity contribution in [3.05, 3.63) is 52.2 Å². The molecule has 0 unspecified atom stereocenters. The summed E-state index contributed by atoms with van der Waals surface area (Å²) in [5.74, 6) is 0.249. The van der Waals surface area contributed by atoms with E-state index in [1.807, 2.05) is 6.07 Å². The Bertz CT molecular complexity index is 1010. The molecule has 3 aromatic heterocycles. The van der Waals surface area contributed by atoms with Gasteiger partial charge in [-0.3, -0.25) is 14.6 Å². The zero-order valence-corrected chi connectivity index (χ0v) is 15.8. The SMILES string of the molecule is CC1CCN(c2nn3c(=O)c(C(=O)NCc4cccnc4)cnc3s2)CC1. The van der Waals surface area contributed by atoms with Gasteiger partial charge in [-0.1, -0.05) is 24.3 Å². The second-order valence-corrected chi connectivity index (χ2v) is 7.70. The number of piperidine rings is 1. The standard InChI is InChI=1S/C18H20N6O2S/c1-12-4-7-23(8-5-12)18-22-24-16(26)14(11-21-17(24)27-18)15(25)20-10-13-3-2-6-19-9-13/h2-3,6,9,11-12H,4-5,7-8,10H2,1H3,(H,20,25). The maximum atomic E-state index is 12.7. The number of nitrogens with zero attached hydrogens (tertiary/aromatic N) is 5. The zero-order chi connectivity index (χ0) is 18.8. The number of carbonyl (C=O) groups is 1. The highest BCUT2D eigenvalue weighted by atomic mass is 32.1. The van der Waals surface area contributed by atoms with Crippen LogP contribution in [0.2, 0.25) is 0 Å². The van der Waals surface area contributed by atoms with Crippen LogP contribution in [0, 0.1) is 5.92 Å². The van der Waals surface area contributed by atoms with Crippen molar-refractivity contribution in [1.82, 2.24) is 24.9 Å². The summed E-state index contributed by atoms with van der Waals surface area (Å²) >= 11 is 1.38. The van der Waals surface area contributed by atoms with E-state index >= 15 is 0 Å². The molecule has 1 amide bonds. The molecule has 0 aromatic carbocycles. The van der Waals surface area contributed by atoms with Crippen LogP contribution in [-0.2, 0) is 6.54 Å². The van der Waals surface area contributed by atoms with E-state index in [-0.39, 0.29) is 5.56 Å². The normalized spacial score (nSPS) is 15.2. The van der Waals surface area contributed by atoms with Crippen LogP contribution in [-0.4, -0.2) is 38.6 Å². The maximum Gasteiger partial charge on any atom is 0.288 e. The zero-order valence-electron chi connectivity index (χ0n) is 15.0. The van der Waals surface area contributed by atoms with E-state index in [4.69, 9.17) is 0 Å². The van der Waals surface area contributed by atoms with Gasteiger partial charge in [-0.05, 0) is 30.4 Å². The first-order valence-electron chi connectivity index (χ1n) is 8.93. The fourth-order valence-electron chi connectivity index (χ4n) is 3.04. The molecule has 1 N–H and O–H groups in total. The lowest BCUT2D eigenvalue weighted by atomic mass is 10.00. The molecule has 0 atom stereocenters. The number of fused-ring (bicyclic) bond motifs is 1. The van der Waals surface area contributed by atoms with Gasteiger partial charge in [0.25, 0.3) is 11.5 Å². The first-order chi connectivity index (χ1) is 13.1. The molecule has 27 heavy (non-hydrogen) atoms. The first kappa shape index (κ1) is 17.6. The smallest absolute Gasteiger partial charge is 0.288 e. The molecule has 0 radical (unpaired) electrons. The highest BCUT2D eigenvalue weighted by Gasteiger charge is 2.21. The lowest BCUT2D eigenvalue weighted by Crippen LogP contribution is -2.33.